The molecule has 2 heterocycles. The Labute approximate surface area is 119 Å². The van der Waals surface area contributed by atoms with Gasteiger partial charge in [-0.05, 0) is 49.6 Å². The number of aryl methyl sites for hydroxylation is 1. The zero-order valence-corrected chi connectivity index (χ0v) is 12.5. The summed E-state index contributed by atoms with van der Waals surface area (Å²) in [5.74, 6) is 0. The first-order chi connectivity index (χ1) is 9.33. The van der Waals surface area contributed by atoms with Gasteiger partial charge in [-0.1, -0.05) is 0 Å². The van der Waals surface area contributed by atoms with Crippen molar-refractivity contribution >= 4 is 11.3 Å². The molecule has 19 heavy (non-hydrogen) atoms. The third-order valence-electron chi connectivity index (χ3n) is 4.17. The lowest BCUT2D eigenvalue weighted by atomic mass is 9.93. The van der Waals surface area contributed by atoms with E-state index in [1.165, 1.54) is 19.3 Å². The summed E-state index contributed by atoms with van der Waals surface area (Å²) < 4.78 is 5.53. The summed E-state index contributed by atoms with van der Waals surface area (Å²) in [6.45, 7) is 5.02. The number of ether oxygens (including phenoxy) is 1. The highest BCUT2D eigenvalue weighted by molar-refractivity contribution is 7.10. The average molecular weight is 280 g/mol. The van der Waals surface area contributed by atoms with Crippen molar-refractivity contribution in [1.29, 1.82) is 0 Å². The SMILES string of the molecule is CC(CC1COCCN1)NC1CCCc2sccc21. The van der Waals surface area contributed by atoms with Gasteiger partial charge >= 0.3 is 0 Å². The molecule has 2 aliphatic rings. The predicted molar refractivity (Wildman–Crippen MR) is 79.8 cm³/mol. The Morgan fingerprint density at radius 3 is 3.37 bits per heavy atom. The zero-order valence-electron chi connectivity index (χ0n) is 11.7. The minimum atomic E-state index is 0.516. The van der Waals surface area contributed by atoms with E-state index in [1.54, 1.807) is 10.4 Å². The summed E-state index contributed by atoms with van der Waals surface area (Å²) in [5.41, 5.74) is 1.55. The summed E-state index contributed by atoms with van der Waals surface area (Å²) in [6, 6.07) is 3.93. The van der Waals surface area contributed by atoms with Crippen LogP contribution in [-0.2, 0) is 11.2 Å². The summed E-state index contributed by atoms with van der Waals surface area (Å²) in [6.07, 6.45) is 5.03. The van der Waals surface area contributed by atoms with E-state index in [0.29, 0.717) is 18.1 Å². The fourth-order valence-electron chi connectivity index (χ4n) is 3.27. The summed E-state index contributed by atoms with van der Waals surface area (Å²) in [4.78, 5) is 1.59. The van der Waals surface area contributed by atoms with Crippen LogP contribution in [0.2, 0.25) is 0 Å². The lowest BCUT2D eigenvalue weighted by molar-refractivity contribution is 0.0706. The maximum atomic E-state index is 5.53. The van der Waals surface area contributed by atoms with Crippen LogP contribution in [0.4, 0.5) is 0 Å². The van der Waals surface area contributed by atoms with E-state index in [-0.39, 0.29) is 0 Å². The molecule has 3 atom stereocenters. The number of morpholine rings is 1. The molecule has 0 spiro atoms. The minimum Gasteiger partial charge on any atom is -0.379 e. The van der Waals surface area contributed by atoms with Crippen LogP contribution in [0.5, 0.6) is 0 Å². The third kappa shape index (κ3) is 3.37. The molecule has 1 aromatic heterocycles. The zero-order chi connectivity index (χ0) is 13.1. The van der Waals surface area contributed by atoms with Gasteiger partial charge in [-0.3, -0.25) is 0 Å². The predicted octanol–water partition coefficient (Wildman–Crippen LogP) is 2.48. The van der Waals surface area contributed by atoms with Crippen LogP contribution in [0.25, 0.3) is 0 Å². The fraction of sp³-hybridized carbons (Fsp3) is 0.733. The quantitative estimate of drug-likeness (QED) is 0.889. The summed E-state index contributed by atoms with van der Waals surface area (Å²) in [7, 11) is 0. The molecule has 1 aliphatic carbocycles. The van der Waals surface area contributed by atoms with Gasteiger partial charge in [-0.2, -0.15) is 0 Å². The van der Waals surface area contributed by atoms with Crippen molar-refractivity contribution in [2.24, 2.45) is 0 Å². The first kappa shape index (κ1) is 13.6. The van der Waals surface area contributed by atoms with Crippen molar-refractivity contribution in [2.45, 2.75) is 50.7 Å². The Morgan fingerprint density at radius 2 is 2.53 bits per heavy atom. The van der Waals surface area contributed by atoms with Gasteiger partial charge in [0.1, 0.15) is 0 Å². The van der Waals surface area contributed by atoms with E-state index in [1.807, 2.05) is 11.3 Å². The van der Waals surface area contributed by atoms with Crippen LogP contribution in [-0.4, -0.2) is 31.8 Å². The lowest BCUT2D eigenvalue weighted by Crippen LogP contribution is -2.45. The van der Waals surface area contributed by atoms with E-state index < -0.39 is 0 Å². The smallest absolute Gasteiger partial charge is 0.0620 e. The van der Waals surface area contributed by atoms with Crippen molar-refractivity contribution in [3.63, 3.8) is 0 Å². The van der Waals surface area contributed by atoms with Crippen molar-refractivity contribution in [2.75, 3.05) is 19.8 Å². The maximum absolute atomic E-state index is 5.53. The number of thiophene rings is 1. The molecule has 3 rings (SSSR count). The molecule has 2 N–H and O–H groups in total. The molecule has 4 heteroatoms. The molecule has 3 nitrogen and oxygen atoms in total. The highest BCUT2D eigenvalue weighted by atomic mass is 32.1. The van der Waals surface area contributed by atoms with Gasteiger partial charge in [-0.25, -0.2) is 0 Å². The topological polar surface area (TPSA) is 33.3 Å². The lowest BCUT2D eigenvalue weighted by Gasteiger charge is -2.31. The Hall–Kier alpha value is -0.420. The molecule has 106 valence electrons. The largest absolute Gasteiger partial charge is 0.379 e. The highest BCUT2D eigenvalue weighted by Gasteiger charge is 2.24. The monoisotopic (exact) mass is 280 g/mol. The molecule has 0 amide bonds. The minimum absolute atomic E-state index is 0.516. The fourth-order valence-corrected chi connectivity index (χ4v) is 4.26. The second-order valence-corrected chi connectivity index (χ2v) is 6.77. The number of rotatable bonds is 4. The molecular weight excluding hydrogens is 256 g/mol. The van der Waals surface area contributed by atoms with Gasteiger partial charge in [0.25, 0.3) is 0 Å². The van der Waals surface area contributed by atoms with Crippen LogP contribution in [0.1, 0.15) is 42.7 Å². The van der Waals surface area contributed by atoms with Crippen molar-refractivity contribution in [3.8, 4) is 0 Å². The van der Waals surface area contributed by atoms with Crippen LogP contribution >= 0.6 is 11.3 Å². The van der Waals surface area contributed by atoms with Gasteiger partial charge < -0.3 is 15.4 Å². The molecule has 1 aromatic rings. The third-order valence-corrected chi connectivity index (χ3v) is 5.17. The molecule has 0 radical (unpaired) electrons. The second-order valence-electron chi connectivity index (χ2n) is 5.77. The number of nitrogens with one attached hydrogen (secondary N) is 2. The Bertz CT molecular complexity index is 401. The highest BCUT2D eigenvalue weighted by Crippen LogP contribution is 2.33. The molecular formula is C15H24N2OS. The first-order valence-electron chi connectivity index (χ1n) is 7.46. The van der Waals surface area contributed by atoms with Crippen molar-refractivity contribution in [3.05, 3.63) is 21.9 Å². The Morgan fingerprint density at radius 1 is 1.58 bits per heavy atom. The standard InChI is InChI=1S/C15H24N2OS/c1-11(9-12-10-18-7-6-16-12)17-14-3-2-4-15-13(14)5-8-19-15/h5,8,11-12,14,16-17H,2-4,6-7,9-10H2,1H3. The van der Waals surface area contributed by atoms with Crippen molar-refractivity contribution in [1.82, 2.24) is 10.6 Å². The molecule has 0 saturated carbocycles. The van der Waals surface area contributed by atoms with E-state index in [4.69, 9.17) is 4.74 Å². The van der Waals surface area contributed by atoms with Gasteiger partial charge in [0, 0.05) is 29.5 Å². The number of hydrogen-bond acceptors (Lipinski definition) is 4. The average Bonchev–Trinajstić information content (AvgIpc) is 2.89. The van der Waals surface area contributed by atoms with E-state index in [2.05, 4.69) is 29.0 Å². The normalized spacial score (nSPS) is 28.9. The Balaban J connectivity index is 1.54. The number of hydrogen-bond donors (Lipinski definition) is 2. The van der Waals surface area contributed by atoms with Crippen LogP contribution < -0.4 is 10.6 Å². The van der Waals surface area contributed by atoms with E-state index in [0.717, 1.165) is 26.2 Å². The molecule has 1 saturated heterocycles. The molecule has 1 aliphatic heterocycles. The second kappa shape index (κ2) is 6.35. The van der Waals surface area contributed by atoms with E-state index in [9.17, 15) is 0 Å². The maximum Gasteiger partial charge on any atom is 0.0620 e. The van der Waals surface area contributed by atoms with Gasteiger partial charge in [0.15, 0.2) is 0 Å². The summed E-state index contributed by atoms with van der Waals surface area (Å²) in [5, 5.41) is 9.60. The molecule has 3 unspecified atom stereocenters. The molecule has 0 bridgehead atoms. The van der Waals surface area contributed by atoms with Gasteiger partial charge in [0.2, 0.25) is 0 Å². The number of fused-ring (bicyclic) bond motifs is 1. The Kier molecular flexibility index (Phi) is 4.53. The van der Waals surface area contributed by atoms with Crippen LogP contribution in [0.3, 0.4) is 0 Å². The van der Waals surface area contributed by atoms with Crippen molar-refractivity contribution < 1.29 is 4.74 Å². The first-order valence-corrected chi connectivity index (χ1v) is 8.34. The summed E-state index contributed by atoms with van der Waals surface area (Å²) >= 11 is 1.92. The van der Waals surface area contributed by atoms with Crippen LogP contribution in [0, 0.1) is 0 Å². The van der Waals surface area contributed by atoms with Gasteiger partial charge in [0.05, 0.1) is 13.2 Å². The van der Waals surface area contributed by atoms with Gasteiger partial charge in [-0.15, -0.1) is 11.3 Å². The van der Waals surface area contributed by atoms with E-state index >= 15 is 0 Å². The van der Waals surface area contributed by atoms with Crippen LogP contribution in [0.15, 0.2) is 11.4 Å². The molecule has 0 aromatic carbocycles. The molecule has 1 fully saturated rings.